The Morgan fingerprint density at radius 1 is 1.47 bits per heavy atom. The van der Waals surface area contributed by atoms with Crippen molar-refractivity contribution in [2.75, 3.05) is 13.7 Å². The average molecular weight is 253 g/mol. The van der Waals surface area contributed by atoms with Gasteiger partial charge in [-0.3, -0.25) is 9.36 Å². The molecular formula is C12H13ClN2O2. The molecule has 2 rings (SSSR count). The van der Waals surface area contributed by atoms with Crippen molar-refractivity contribution in [3.63, 3.8) is 0 Å². The number of fused-ring (bicyclic) bond motifs is 1. The van der Waals surface area contributed by atoms with Crippen LogP contribution in [-0.2, 0) is 11.3 Å². The Balaban J connectivity index is 2.65. The first-order chi connectivity index (χ1) is 8.15. The summed E-state index contributed by atoms with van der Waals surface area (Å²) in [5.74, 6) is 0. The van der Waals surface area contributed by atoms with Gasteiger partial charge in [-0.1, -0.05) is 17.7 Å². The van der Waals surface area contributed by atoms with Crippen LogP contribution in [0.25, 0.3) is 10.9 Å². The Hall–Kier alpha value is -1.39. The molecule has 0 aliphatic carbocycles. The molecule has 17 heavy (non-hydrogen) atoms. The van der Waals surface area contributed by atoms with Crippen LogP contribution in [0.2, 0.25) is 5.02 Å². The fraction of sp³-hybridized carbons (Fsp3) is 0.333. The minimum atomic E-state index is -0.124. The number of hydrogen-bond donors (Lipinski definition) is 0. The van der Waals surface area contributed by atoms with E-state index in [-0.39, 0.29) is 5.56 Å². The molecule has 1 heterocycles. The minimum Gasteiger partial charge on any atom is -0.383 e. The van der Waals surface area contributed by atoms with Gasteiger partial charge in [-0.2, -0.15) is 0 Å². The lowest BCUT2D eigenvalue weighted by atomic mass is 10.1. The minimum absolute atomic E-state index is 0.124. The summed E-state index contributed by atoms with van der Waals surface area (Å²) < 4.78 is 6.46. The van der Waals surface area contributed by atoms with Crippen LogP contribution in [0.3, 0.4) is 0 Å². The van der Waals surface area contributed by atoms with Crippen molar-refractivity contribution in [1.29, 1.82) is 0 Å². The van der Waals surface area contributed by atoms with Crippen molar-refractivity contribution in [3.05, 3.63) is 39.4 Å². The van der Waals surface area contributed by atoms with Crippen LogP contribution in [0.1, 0.15) is 5.56 Å². The van der Waals surface area contributed by atoms with E-state index in [1.54, 1.807) is 13.2 Å². The van der Waals surface area contributed by atoms with E-state index >= 15 is 0 Å². The van der Waals surface area contributed by atoms with Gasteiger partial charge in [0.2, 0.25) is 0 Å². The van der Waals surface area contributed by atoms with Crippen molar-refractivity contribution < 1.29 is 4.74 Å². The molecule has 0 N–H and O–H groups in total. The van der Waals surface area contributed by atoms with E-state index in [4.69, 9.17) is 16.3 Å². The maximum absolute atomic E-state index is 12.2. The van der Waals surface area contributed by atoms with Crippen LogP contribution < -0.4 is 5.56 Å². The highest BCUT2D eigenvalue weighted by atomic mass is 35.5. The fourth-order valence-electron chi connectivity index (χ4n) is 1.66. The van der Waals surface area contributed by atoms with E-state index in [2.05, 4.69) is 4.98 Å². The van der Waals surface area contributed by atoms with Crippen molar-refractivity contribution in [3.8, 4) is 0 Å². The van der Waals surface area contributed by atoms with Gasteiger partial charge in [-0.25, -0.2) is 4.98 Å². The number of aromatic nitrogens is 2. The lowest BCUT2D eigenvalue weighted by Crippen LogP contribution is -2.22. The number of rotatable bonds is 3. The topological polar surface area (TPSA) is 44.1 Å². The van der Waals surface area contributed by atoms with Gasteiger partial charge < -0.3 is 4.74 Å². The Bertz CT molecular complexity index is 607. The summed E-state index contributed by atoms with van der Waals surface area (Å²) in [6.07, 6.45) is 1.52. The molecule has 0 radical (unpaired) electrons. The summed E-state index contributed by atoms with van der Waals surface area (Å²) in [4.78, 5) is 16.4. The third-order valence-corrected chi connectivity index (χ3v) is 3.15. The highest BCUT2D eigenvalue weighted by molar-refractivity contribution is 6.36. The molecule has 1 aromatic carbocycles. The van der Waals surface area contributed by atoms with E-state index in [0.717, 1.165) is 5.56 Å². The number of methoxy groups -OCH3 is 1. The highest BCUT2D eigenvalue weighted by Gasteiger charge is 2.09. The van der Waals surface area contributed by atoms with Gasteiger partial charge in [0.25, 0.3) is 5.56 Å². The lowest BCUT2D eigenvalue weighted by Gasteiger charge is -2.07. The van der Waals surface area contributed by atoms with Gasteiger partial charge in [0.1, 0.15) is 0 Å². The predicted octanol–water partition coefficient (Wildman–Crippen LogP) is 2.00. The smallest absolute Gasteiger partial charge is 0.262 e. The molecule has 0 fully saturated rings. The molecule has 0 aliphatic rings. The zero-order valence-corrected chi connectivity index (χ0v) is 10.5. The maximum Gasteiger partial charge on any atom is 0.262 e. The summed E-state index contributed by atoms with van der Waals surface area (Å²) in [6, 6.07) is 3.66. The van der Waals surface area contributed by atoms with Gasteiger partial charge in [0.05, 0.1) is 35.4 Å². The van der Waals surface area contributed by atoms with E-state index in [0.29, 0.717) is 29.1 Å². The lowest BCUT2D eigenvalue weighted by molar-refractivity contribution is 0.186. The van der Waals surface area contributed by atoms with Gasteiger partial charge in [-0.05, 0) is 18.6 Å². The van der Waals surface area contributed by atoms with E-state index in [1.165, 1.54) is 10.9 Å². The van der Waals surface area contributed by atoms with Crippen LogP contribution in [0, 0.1) is 6.92 Å². The van der Waals surface area contributed by atoms with Crippen LogP contribution in [0.15, 0.2) is 23.3 Å². The maximum atomic E-state index is 12.2. The van der Waals surface area contributed by atoms with Crippen LogP contribution >= 0.6 is 11.6 Å². The molecule has 4 nitrogen and oxygen atoms in total. The summed E-state index contributed by atoms with van der Waals surface area (Å²) in [7, 11) is 1.59. The Morgan fingerprint density at radius 2 is 2.24 bits per heavy atom. The largest absolute Gasteiger partial charge is 0.383 e. The number of halogens is 1. The Morgan fingerprint density at radius 3 is 2.94 bits per heavy atom. The molecule has 0 saturated carbocycles. The van der Waals surface area contributed by atoms with Crippen molar-refractivity contribution in [2.45, 2.75) is 13.5 Å². The number of nitrogens with zero attached hydrogens (tertiary/aromatic N) is 2. The van der Waals surface area contributed by atoms with Gasteiger partial charge in [0, 0.05) is 7.11 Å². The summed E-state index contributed by atoms with van der Waals surface area (Å²) in [5.41, 5.74) is 1.38. The molecule has 0 amide bonds. The molecule has 0 aliphatic heterocycles. The third kappa shape index (κ3) is 2.18. The van der Waals surface area contributed by atoms with Gasteiger partial charge in [0.15, 0.2) is 0 Å². The number of hydrogen-bond acceptors (Lipinski definition) is 3. The molecule has 2 aromatic rings. The molecule has 0 saturated heterocycles. The first-order valence-electron chi connectivity index (χ1n) is 5.28. The molecular weight excluding hydrogens is 240 g/mol. The average Bonchev–Trinajstić information content (AvgIpc) is 2.33. The van der Waals surface area contributed by atoms with Crippen LogP contribution in [0.4, 0.5) is 0 Å². The van der Waals surface area contributed by atoms with Gasteiger partial charge >= 0.3 is 0 Å². The zero-order chi connectivity index (χ0) is 12.4. The predicted molar refractivity (Wildman–Crippen MR) is 67.6 cm³/mol. The second kappa shape index (κ2) is 4.85. The molecule has 0 bridgehead atoms. The van der Waals surface area contributed by atoms with Crippen LogP contribution in [-0.4, -0.2) is 23.3 Å². The Labute approximate surface area is 104 Å². The van der Waals surface area contributed by atoms with E-state index in [9.17, 15) is 4.79 Å². The zero-order valence-electron chi connectivity index (χ0n) is 9.74. The Kier molecular flexibility index (Phi) is 3.45. The van der Waals surface area contributed by atoms with Crippen molar-refractivity contribution in [1.82, 2.24) is 9.55 Å². The summed E-state index contributed by atoms with van der Waals surface area (Å²) in [6.45, 7) is 2.81. The van der Waals surface area contributed by atoms with Crippen LogP contribution in [0.5, 0.6) is 0 Å². The number of aryl methyl sites for hydroxylation is 1. The van der Waals surface area contributed by atoms with E-state index < -0.39 is 0 Å². The normalized spacial score (nSPS) is 11.0. The van der Waals surface area contributed by atoms with Crippen molar-refractivity contribution in [2.24, 2.45) is 0 Å². The molecule has 0 unspecified atom stereocenters. The standard InChI is InChI=1S/C12H13ClN2O2/c1-8-3-4-9-10(11(8)13)12(16)15(7-14-9)5-6-17-2/h3-4,7H,5-6H2,1-2H3. The fourth-order valence-corrected chi connectivity index (χ4v) is 1.90. The number of ether oxygens (including phenoxy) is 1. The molecule has 90 valence electrons. The molecule has 0 atom stereocenters. The quantitative estimate of drug-likeness (QED) is 0.839. The molecule has 1 aromatic heterocycles. The monoisotopic (exact) mass is 252 g/mol. The second-order valence-electron chi connectivity index (χ2n) is 3.83. The van der Waals surface area contributed by atoms with Crippen molar-refractivity contribution >= 4 is 22.5 Å². The number of benzene rings is 1. The summed E-state index contributed by atoms with van der Waals surface area (Å²) in [5, 5.41) is 0.956. The van der Waals surface area contributed by atoms with Gasteiger partial charge in [-0.15, -0.1) is 0 Å². The SMILES string of the molecule is COCCn1cnc2ccc(C)c(Cl)c2c1=O. The summed E-state index contributed by atoms with van der Waals surface area (Å²) >= 11 is 6.15. The first kappa shape index (κ1) is 12.1. The molecule has 5 heteroatoms. The van der Waals surface area contributed by atoms with E-state index in [1.807, 2.05) is 13.0 Å². The first-order valence-corrected chi connectivity index (χ1v) is 5.66. The highest BCUT2D eigenvalue weighted by Crippen LogP contribution is 2.22. The second-order valence-corrected chi connectivity index (χ2v) is 4.20. The third-order valence-electron chi connectivity index (χ3n) is 2.66. The molecule has 0 spiro atoms.